The molecule has 1 aliphatic rings. The maximum absolute atomic E-state index is 13.0. The van der Waals surface area contributed by atoms with Crippen LogP contribution in [0.2, 0.25) is 0 Å². The van der Waals surface area contributed by atoms with Crippen LogP contribution >= 0.6 is 0 Å². The number of aromatic nitrogens is 3. The summed E-state index contributed by atoms with van der Waals surface area (Å²) in [6.07, 6.45) is 4.01. The number of anilines is 1. The van der Waals surface area contributed by atoms with Crippen molar-refractivity contribution in [2.45, 2.75) is 24.3 Å². The molecule has 1 N–H and O–H groups in total. The van der Waals surface area contributed by atoms with E-state index in [1.807, 2.05) is 14.0 Å². The van der Waals surface area contributed by atoms with Gasteiger partial charge in [-0.25, -0.2) is 22.4 Å². The summed E-state index contributed by atoms with van der Waals surface area (Å²) in [4.78, 5) is 11.0. The lowest BCUT2D eigenvalue weighted by Gasteiger charge is -2.25. The highest BCUT2D eigenvalue weighted by atomic mass is 32.2. The molecule has 2 aromatic heterocycles. The number of fused-ring (bicyclic) bond motifs is 1. The number of aryl methyl sites for hydroxylation is 1. The molecule has 1 fully saturated rings. The molecular formula is C18H21N5O2S. The number of nitrogens with zero attached hydrogens (tertiary/aromatic N) is 4. The number of rotatable bonds is 4. The Morgan fingerprint density at radius 3 is 2.65 bits per heavy atom. The second-order valence-electron chi connectivity index (χ2n) is 6.62. The molecule has 1 saturated heterocycles. The van der Waals surface area contributed by atoms with E-state index in [2.05, 4.69) is 20.2 Å². The van der Waals surface area contributed by atoms with E-state index in [0.29, 0.717) is 11.7 Å². The molecule has 0 saturated carbocycles. The van der Waals surface area contributed by atoms with Crippen LogP contribution in [0.1, 0.15) is 12.0 Å². The summed E-state index contributed by atoms with van der Waals surface area (Å²) in [7, 11) is -1.71. The van der Waals surface area contributed by atoms with E-state index in [1.165, 1.54) is 10.3 Å². The van der Waals surface area contributed by atoms with Crippen LogP contribution in [-0.2, 0) is 10.0 Å². The molecule has 4 rings (SSSR count). The Hall–Kier alpha value is -2.45. The van der Waals surface area contributed by atoms with Crippen molar-refractivity contribution in [3.63, 3.8) is 0 Å². The van der Waals surface area contributed by atoms with E-state index in [0.717, 1.165) is 36.3 Å². The Balaban J connectivity index is 1.80. The van der Waals surface area contributed by atoms with Gasteiger partial charge in [0.25, 0.3) is 10.0 Å². The second kappa shape index (κ2) is 6.37. The fourth-order valence-corrected chi connectivity index (χ4v) is 4.66. The summed E-state index contributed by atoms with van der Waals surface area (Å²) in [6.45, 7) is 3.80. The van der Waals surface area contributed by atoms with Gasteiger partial charge in [0.1, 0.15) is 12.1 Å². The average molecular weight is 371 g/mol. The lowest BCUT2D eigenvalue weighted by Crippen LogP contribution is -2.34. The number of likely N-dealkylation sites (N-methyl/N-ethyl adjacent to an activating group) is 1. The SMILES string of the molecule is Cc1ccc(S(=O)(=O)n2ccc3c(N(C)[C@H]4CCNC4)ncnc32)cc1. The predicted octanol–water partition coefficient (Wildman–Crippen LogP) is 1.77. The van der Waals surface area contributed by atoms with Crippen molar-refractivity contribution in [3.8, 4) is 0 Å². The van der Waals surface area contributed by atoms with Crippen molar-refractivity contribution in [1.29, 1.82) is 0 Å². The Labute approximate surface area is 152 Å². The molecule has 0 bridgehead atoms. The summed E-state index contributed by atoms with van der Waals surface area (Å²) in [6, 6.07) is 8.93. The molecule has 0 unspecified atom stereocenters. The van der Waals surface area contributed by atoms with E-state index in [-0.39, 0.29) is 4.90 Å². The molecule has 0 aliphatic carbocycles. The van der Waals surface area contributed by atoms with Crippen molar-refractivity contribution in [2.75, 3.05) is 25.0 Å². The highest BCUT2D eigenvalue weighted by Crippen LogP contribution is 2.28. The lowest BCUT2D eigenvalue weighted by atomic mass is 10.2. The van der Waals surface area contributed by atoms with E-state index >= 15 is 0 Å². The van der Waals surface area contributed by atoms with Gasteiger partial charge in [-0.2, -0.15) is 0 Å². The zero-order valence-electron chi connectivity index (χ0n) is 14.8. The second-order valence-corrected chi connectivity index (χ2v) is 8.44. The summed E-state index contributed by atoms with van der Waals surface area (Å²) in [5, 5.41) is 4.07. The van der Waals surface area contributed by atoms with Crippen LogP contribution in [0.25, 0.3) is 11.0 Å². The van der Waals surface area contributed by atoms with Gasteiger partial charge in [-0.3, -0.25) is 0 Å². The number of nitrogens with one attached hydrogen (secondary N) is 1. The third-order valence-corrected chi connectivity index (χ3v) is 6.60. The Morgan fingerprint density at radius 1 is 1.19 bits per heavy atom. The van der Waals surface area contributed by atoms with Crippen molar-refractivity contribution >= 4 is 26.9 Å². The lowest BCUT2D eigenvalue weighted by molar-refractivity contribution is 0.588. The highest BCUT2D eigenvalue weighted by molar-refractivity contribution is 7.90. The van der Waals surface area contributed by atoms with Gasteiger partial charge in [0.2, 0.25) is 0 Å². The van der Waals surface area contributed by atoms with Crippen LogP contribution in [0.5, 0.6) is 0 Å². The molecule has 0 radical (unpaired) electrons. The number of hydrogen-bond donors (Lipinski definition) is 1. The first-order chi connectivity index (χ1) is 12.5. The van der Waals surface area contributed by atoms with Crippen molar-refractivity contribution in [3.05, 3.63) is 48.4 Å². The molecule has 3 heterocycles. The summed E-state index contributed by atoms with van der Waals surface area (Å²) < 4.78 is 27.3. The maximum Gasteiger partial charge on any atom is 0.269 e. The molecule has 0 spiro atoms. The maximum atomic E-state index is 13.0. The molecule has 1 atom stereocenters. The van der Waals surface area contributed by atoms with E-state index in [1.54, 1.807) is 36.5 Å². The molecule has 1 aromatic carbocycles. The molecule has 8 heteroatoms. The monoisotopic (exact) mass is 371 g/mol. The normalized spacial score (nSPS) is 17.7. The molecule has 7 nitrogen and oxygen atoms in total. The van der Waals surface area contributed by atoms with Crippen molar-refractivity contribution < 1.29 is 8.42 Å². The van der Waals surface area contributed by atoms with Gasteiger partial charge in [-0.05, 0) is 38.1 Å². The molecule has 1 aliphatic heterocycles. The fraction of sp³-hybridized carbons (Fsp3) is 0.333. The van der Waals surface area contributed by atoms with Crippen LogP contribution in [0.3, 0.4) is 0 Å². The Morgan fingerprint density at radius 2 is 1.96 bits per heavy atom. The first-order valence-electron chi connectivity index (χ1n) is 8.56. The number of hydrogen-bond acceptors (Lipinski definition) is 6. The zero-order valence-corrected chi connectivity index (χ0v) is 15.6. The topological polar surface area (TPSA) is 80.1 Å². The summed E-state index contributed by atoms with van der Waals surface area (Å²) in [5.74, 6) is 0.751. The van der Waals surface area contributed by atoms with Crippen LogP contribution in [-0.4, -0.2) is 48.5 Å². The van der Waals surface area contributed by atoms with Gasteiger partial charge in [0.05, 0.1) is 10.3 Å². The zero-order chi connectivity index (χ0) is 18.3. The van der Waals surface area contributed by atoms with Gasteiger partial charge in [-0.1, -0.05) is 17.7 Å². The minimum Gasteiger partial charge on any atom is -0.355 e. The van der Waals surface area contributed by atoms with E-state index in [9.17, 15) is 8.42 Å². The van der Waals surface area contributed by atoms with Gasteiger partial charge in [0, 0.05) is 25.8 Å². The average Bonchev–Trinajstić information content (AvgIpc) is 3.31. The standard InChI is InChI=1S/C18H21N5O2S/c1-13-3-5-15(6-4-13)26(24,25)23-10-8-16-17(20-12-21-18(16)23)22(2)14-7-9-19-11-14/h3-6,8,10,12,14,19H,7,9,11H2,1-2H3/t14-/m0/s1. The molecular weight excluding hydrogens is 350 g/mol. The van der Waals surface area contributed by atoms with Gasteiger partial charge < -0.3 is 10.2 Å². The minimum atomic E-state index is -3.70. The first-order valence-corrected chi connectivity index (χ1v) is 10.0. The van der Waals surface area contributed by atoms with Crippen LogP contribution in [0.4, 0.5) is 5.82 Å². The quantitative estimate of drug-likeness (QED) is 0.753. The Bertz CT molecular complexity index is 1040. The van der Waals surface area contributed by atoms with Crippen molar-refractivity contribution in [1.82, 2.24) is 19.3 Å². The molecule has 136 valence electrons. The number of benzene rings is 1. The third-order valence-electron chi connectivity index (χ3n) is 4.92. The largest absolute Gasteiger partial charge is 0.355 e. The van der Waals surface area contributed by atoms with Gasteiger partial charge >= 0.3 is 0 Å². The van der Waals surface area contributed by atoms with E-state index < -0.39 is 10.0 Å². The smallest absolute Gasteiger partial charge is 0.269 e. The van der Waals surface area contributed by atoms with Crippen molar-refractivity contribution in [2.24, 2.45) is 0 Å². The van der Waals surface area contributed by atoms with E-state index in [4.69, 9.17) is 0 Å². The van der Waals surface area contributed by atoms with Crippen LogP contribution in [0, 0.1) is 6.92 Å². The third kappa shape index (κ3) is 2.75. The highest BCUT2D eigenvalue weighted by Gasteiger charge is 2.25. The molecule has 3 aromatic rings. The summed E-state index contributed by atoms with van der Waals surface area (Å²) >= 11 is 0. The molecule has 26 heavy (non-hydrogen) atoms. The van der Waals surface area contributed by atoms with Crippen LogP contribution < -0.4 is 10.2 Å². The van der Waals surface area contributed by atoms with Gasteiger partial charge in [0.15, 0.2) is 5.65 Å². The predicted molar refractivity (Wildman–Crippen MR) is 101 cm³/mol. The van der Waals surface area contributed by atoms with Crippen LogP contribution in [0.15, 0.2) is 47.8 Å². The fourth-order valence-electron chi connectivity index (χ4n) is 3.36. The minimum absolute atomic E-state index is 0.245. The Kier molecular flexibility index (Phi) is 4.16. The molecule has 0 amide bonds. The summed E-state index contributed by atoms with van der Waals surface area (Å²) in [5.41, 5.74) is 1.41. The van der Waals surface area contributed by atoms with Gasteiger partial charge in [-0.15, -0.1) is 0 Å². The first kappa shape index (κ1) is 17.0.